The lowest BCUT2D eigenvalue weighted by molar-refractivity contribution is -0.137. The maximum Gasteiger partial charge on any atom is 0.304 e. The van der Waals surface area contributed by atoms with Gasteiger partial charge >= 0.3 is 5.97 Å². The summed E-state index contributed by atoms with van der Waals surface area (Å²) in [6.45, 7) is 2.47. The molecule has 1 atom stereocenters. The molecule has 0 amide bonds. The fourth-order valence-corrected chi connectivity index (χ4v) is 1.62. The molecular weight excluding hydrogens is 180 g/mol. The molecule has 0 radical (unpaired) electrons. The van der Waals surface area contributed by atoms with Gasteiger partial charge in [-0.25, -0.2) is 0 Å². The Morgan fingerprint density at radius 1 is 1.71 bits per heavy atom. The zero-order valence-electron chi connectivity index (χ0n) is 8.44. The number of carboxylic acids is 1. The minimum Gasteiger partial charge on any atom is -0.481 e. The zero-order valence-corrected chi connectivity index (χ0v) is 8.44. The van der Waals surface area contributed by atoms with E-state index >= 15 is 0 Å². The SMILES string of the molecule is CCC(C#N)N(CCC(=O)O)C1CC1. The van der Waals surface area contributed by atoms with Crippen molar-refractivity contribution in [3.8, 4) is 6.07 Å². The lowest BCUT2D eigenvalue weighted by Gasteiger charge is -2.25. The first kappa shape index (κ1) is 11.0. The van der Waals surface area contributed by atoms with E-state index in [0.29, 0.717) is 12.6 Å². The van der Waals surface area contributed by atoms with Crippen molar-refractivity contribution in [1.29, 1.82) is 5.26 Å². The number of aliphatic carboxylic acids is 1. The van der Waals surface area contributed by atoms with Crippen molar-refractivity contribution in [1.82, 2.24) is 4.90 Å². The molecule has 0 aromatic rings. The molecule has 78 valence electrons. The molecule has 1 aliphatic carbocycles. The van der Waals surface area contributed by atoms with Crippen LogP contribution in [0.4, 0.5) is 0 Å². The first-order valence-corrected chi connectivity index (χ1v) is 5.06. The lowest BCUT2D eigenvalue weighted by Crippen LogP contribution is -2.37. The van der Waals surface area contributed by atoms with Gasteiger partial charge in [0.2, 0.25) is 0 Å². The molecule has 0 spiro atoms. The van der Waals surface area contributed by atoms with Crippen LogP contribution in [0.2, 0.25) is 0 Å². The van der Waals surface area contributed by atoms with Crippen LogP contribution in [0.15, 0.2) is 0 Å². The maximum absolute atomic E-state index is 10.4. The second kappa shape index (κ2) is 4.97. The number of carboxylic acid groups (broad SMARTS) is 1. The number of hydrogen-bond acceptors (Lipinski definition) is 3. The van der Waals surface area contributed by atoms with Gasteiger partial charge in [-0.15, -0.1) is 0 Å². The standard InChI is InChI=1S/C10H16N2O2/c1-2-8(7-11)12(9-3-4-9)6-5-10(13)14/h8-9H,2-6H2,1H3,(H,13,14). The summed E-state index contributed by atoms with van der Waals surface area (Å²) in [5.74, 6) is -0.788. The molecular formula is C10H16N2O2. The van der Waals surface area contributed by atoms with Gasteiger partial charge in [0.1, 0.15) is 0 Å². The maximum atomic E-state index is 10.4. The molecule has 1 unspecified atom stereocenters. The normalized spacial score (nSPS) is 17.8. The van der Waals surface area contributed by atoms with E-state index in [-0.39, 0.29) is 12.5 Å². The summed E-state index contributed by atoms with van der Waals surface area (Å²) in [7, 11) is 0. The van der Waals surface area contributed by atoms with Crippen LogP contribution in [0.3, 0.4) is 0 Å². The van der Waals surface area contributed by atoms with Crippen molar-refractivity contribution in [2.24, 2.45) is 0 Å². The van der Waals surface area contributed by atoms with Gasteiger partial charge in [0.15, 0.2) is 0 Å². The van der Waals surface area contributed by atoms with Gasteiger partial charge in [-0.05, 0) is 19.3 Å². The van der Waals surface area contributed by atoms with E-state index in [0.717, 1.165) is 19.3 Å². The predicted octanol–water partition coefficient (Wildman–Crippen LogP) is 1.23. The Bertz CT molecular complexity index is 243. The van der Waals surface area contributed by atoms with Crippen LogP contribution in [0, 0.1) is 11.3 Å². The van der Waals surface area contributed by atoms with Crippen molar-refractivity contribution in [3.05, 3.63) is 0 Å². The van der Waals surface area contributed by atoms with Gasteiger partial charge < -0.3 is 5.11 Å². The Balaban J connectivity index is 2.46. The summed E-state index contributed by atoms with van der Waals surface area (Å²) in [5, 5.41) is 17.5. The van der Waals surface area contributed by atoms with Gasteiger partial charge in [-0.1, -0.05) is 6.92 Å². The third-order valence-electron chi connectivity index (χ3n) is 2.54. The van der Waals surface area contributed by atoms with Crippen LogP contribution in [0.1, 0.15) is 32.6 Å². The smallest absolute Gasteiger partial charge is 0.304 e. The molecule has 1 aliphatic rings. The first-order chi connectivity index (χ1) is 6.69. The van der Waals surface area contributed by atoms with Crippen LogP contribution >= 0.6 is 0 Å². The second-order valence-electron chi connectivity index (χ2n) is 3.67. The van der Waals surface area contributed by atoms with Crippen molar-refractivity contribution >= 4 is 5.97 Å². The monoisotopic (exact) mass is 196 g/mol. The highest BCUT2D eigenvalue weighted by Gasteiger charge is 2.33. The summed E-state index contributed by atoms with van der Waals surface area (Å²) in [4.78, 5) is 12.5. The molecule has 1 fully saturated rings. The van der Waals surface area contributed by atoms with E-state index in [9.17, 15) is 4.79 Å². The summed E-state index contributed by atoms with van der Waals surface area (Å²) in [6, 6.07) is 2.58. The Morgan fingerprint density at radius 2 is 2.36 bits per heavy atom. The van der Waals surface area contributed by atoms with E-state index in [1.807, 2.05) is 11.8 Å². The molecule has 0 aromatic carbocycles. The van der Waals surface area contributed by atoms with Crippen LogP contribution in [-0.4, -0.2) is 34.6 Å². The van der Waals surface area contributed by atoms with Crippen LogP contribution in [0.5, 0.6) is 0 Å². The Kier molecular flexibility index (Phi) is 3.90. The highest BCUT2D eigenvalue weighted by Crippen LogP contribution is 2.29. The Morgan fingerprint density at radius 3 is 2.71 bits per heavy atom. The Hall–Kier alpha value is -1.08. The third kappa shape index (κ3) is 3.00. The third-order valence-corrected chi connectivity index (χ3v) is 2.54. The minimum atomic E-state index is -0.788. The highest BCUT2D eigenvalue weighted by atomic mass is 16.4. The van der Waals surface area contributed by atoms with Gasteiger partial charge in [0, 0.05) is 12.6 Å². The second-order valence-corrected chi connectivity index (χ2v) is 3.67. The molecule has 0 aliphatic heterocycles. The van der Waals surface area contributed by atoms with Crippen molar-refractivity contribution in [2.75, 3.05) is 6.54 Å². The van der Waals surface area contributed by atoms with Crippen LogP contribution < -0.4 is 0 Å². The van der Waals surface area contributed by atoms with Gasteiger partial charge in [0.25, 0.3) is 0 Å². The fraction of sp³-hybridized carbons (Fsp3) is 0.800. The molecule has 1 N–H and O–H groups in total. The van der Waals surface area contributed by atoms with E-state index in [1.165, 1.54) is 0 Å². The van der Waals surface area contributed by atoms with E-state index in [2.05, 4.69) is 6.07 Å². The fourth-order valence-electron chi connectivity index (χ4n) is 1.62. The first-order valence-electron chi connectivity index (χ1n) is 5.06. The van der Waals surface area contributed by atoms with Crippen LogP contribution in [0.25, 0.3) is 0 Å². The molecule has 1 saturated carbocycles. The molecule has 14 heavy (non-hydrogen) atoms. The highest BCUT2D eigenvalue weighted by molar-refractivity contribution is 5.66. The van der Waals surface area contributed by atoms with Gasteiger partial charge in [-0.3, -0.25) is 9.69 Å². The average molecular weight is 196 g/mol. The number of nitriles is 1. The summed E-state index contributed by atoms with van der Waals surface area (Å²) in [6.07, 6.45) is 3.12. The molecule has 0 saturated heterocycles. The predicted molar refractivity (Wildman–Crippen MR) is 51.7 cm³/mol. The number of carbonyl (C=O) groups is 1. The Labute approximate surface area is 84.1 Å². The molecule has 1 rings (SSSR count). The van der Waals surface area contributed by atoms with E-state index in [1.54, 1.807) is 0 Å². The number of rotatable bonds is 6. The lowest BCUT2D eigenvalue weighted by atomic mass is 10.2. The van der Waals surface area contributed by atoms with Crippen molar-refractivity contribution in [2.45, 2.75) is 44.7 Å². The molecule has 4 heteroatoms. The summed E-state index contributed by atoms with van der Waals surface area (Å²) >= 11 is 0. The van der Waals surface area contributed by atoms with Gasteiger partial charge in [-0.2, -0.15) is 5.26 Å². The molecule has 0 heterocycles. The quantitative estimate of drug-likeness (QED) is 0.694. The average Bonchev–Trinajstić information content (AvgIpc) is 2.95. The van der Waals surface area contributed by atoms with E-state index in [4.69, 9.17) is 10.4 Å². The van der Waals surface area contributed by atoms with Crippen molar-refractivity contribution in [3.63, 3.8) is 0 Å². The molecule has 0 aromatic heterocycles. The largest absolute Gasteiger partial charge is 0.481 e. The minimum absolute atomic E-state index is 0.109. The number of nitrogens with zero attached hydrogens (tertiary/aromatic N) is 2. The molecule has 0 bridgehead atoms. The van der Waals surface area contributed by atoms with Crippen molar-refractivity contribution < 1.29 is 9.90 Å². The summed E-state index contributed by atoms with van der Waals surface area (Å²) in [5.41, 5.74) is 0. The number of hydrogen-bond donors (Lipinski definition) is 1. The zero-order chi connectivity index (χ0) is 10.6. The van der Waals surface area contributed by atoms with Gasteiger partial charge in [0.05, 0.1) is 18.5 Å². The topological polar surface area (TPSA) is 64.3 Å². The summed E-state index contributed by atoms with van der Waals surface area (Å²) < 4.78 is 0. The van der Waals surface area contributed by atoms with Crippen LogP contribution in [-0.2, 0) is 4.79 Å². The van der Waals surface area contributed by atoms with E-state index < -0.39 is 5.97 Å². The molecule has 4 nitrogen and oxygen atoms in total.